The molecule has 3 saturated carbocycles. The van der Waals surface area contributed by atoms with Gasteiger partial charge in [-0.05, 0) is 81.6 Å². The molecule has 22 heavy (non-hydrogen) atoms. The van der Waals surface area contributed by atoms with Crippen molar-refractivity contribution in [2.75, 3.05) is 13.1 Å². The highest BCUT2D eigenvalue weighted by Gasteiger charge is 2.44. The number of likely N-dealkylation sites (tertiary alicyclic amines) is 1. The monoisotopic (exact) mass is 323 g/mol. The van der Waals surface area contributed by atoms with Gasteiger partial charge in [0.05, 0.1) is 0 Å². The van der Waals surface area contributed by atoms with Gasteiger partial charge in [-0.25, -0.2) is 0 Å². The van der Waals surface area contributed by atoms with Crippen LogP contribution in [0.15, 0.2) is 0 Å². The predicted octanol–water partition coefficient (Wildman–Crippen LogP) is 5.46. The standard InChI is InChI=1S/C20H34ClN/c21-17-7-3-5-15(13-17)14-22-12-4-9-19-18-8-2-1-6-16(18)10-11-20(19)22/h15-20H,1-14H2. The number of piperidine rings is 1. The summed E-state index contributed by atoms with van der Waals surface area (Å²) in [5.41, 5.74) is 0. The van der Waals surface area contributed by atoms with Crippen LogP contribution in [0.5, 0.6) is 0 Å². The van der Waals surface area contributed by atoms with Crippen LogP contribution in [0.2, 0.25) is 0 Å². The summed E-state index contributed by atoms with van der Waals surface area (Å²) in [5.74, 6) is 4.11. The van der Waals surface area contributed by atoms with Crippen LogP contribution in [0.1, 0.15) is 77.0 Å². The third kappa shape index (κ3) is 3.22. The maximum atomic E-state index is 6.44. The first-order chi connectivity index (χ1) is 10.8. The Bertz CT molecular complexity index is 371. The van der Waals surface area contributed by atoms with E-state index in [4.69, 9.17) is 11.6 Å². The molecule has 1 heterocycles. The lowest BCUT2D eigenvalue weighted by Gasteiger charge is -2.53. The van der Waals surface area contributed by atoms with E-state index in [1.54, 1.807) is 12.8 Å². The molecule has 4 rings (SSSR count). The maximum absolute atomic E-state index is 6.44. The van der Waals surface area contributed by atoms with Gasteiger partial charge < -0.3 is 0 Å². The average Bonchev–Trinajstić information content (AvgIpc) is 2.55. The van der Waals surface area contributed by atoms with Crippen LogP contribution in [0.3, 0.4) is 0 Å². The van der Waals surface area contributed by atoms with Crippen LogP contribution in [-0.2, 0) is 0 Å². The Morgan fingerprint density at radius 1 is 0.773 bits per heavy atom. The molecule has 0 spiro atoms. The Kier molecular flexibility index (Phi) is 5.02. The van der Waals surface area contributed by atoms with Crippen LogP contribution in [0.25, 0.3) is 0 Å². The van der Waals surface area contributed by atoms with E-state index in [1.165, 1.54) is 77.3 Å². The lowest BCUT2D eigenvalue weighted by molar-refractivity contribution is -0.0259. The van der Waals surface area contributed by atoms with Crippen LogP contribution in [0.4, 0.5) is 0 Å². The zero-order valence-electron chi connectivity index (χ0n) is 14.2. The number of halogens is 1. The minimum Gasteiger partial charge on any atom is -0.300 e. The third-order valence-electron chi connectivity index (χ3n) is 7.51. The zero-order chi connectivity index (χ0) is 14.9. The number of rotatable bonds is 2. The number of fused-ring (bicyclic) bond motifs is 3. The summed E-state index contributed by atoms with van der Waals surface area (Å²) in [6, 6.07) is 0.934. The van der Waals surface area contributed by atoms with Gasteiger partial charge >= 0.3 is 0 Å². The molecule has 4 aliphatic rings. The van der Waals surface area contributed by atoms with Gasteiger partial charge in [0, 0.05) is 18.0 Å². The largest absolute Gasteiger partial charge is 0.300 e. The van der Waals surface area contributed by atoms with Gasteiger partial charge in [-0.1, -0.05) is 25.7 Å². The second-order valence-corrected chi connectivity index (χ2v) is 9.40. The van der Waals surface area contributed by atoms with E-state index in [0.717, 1.165) is 29.7 Å². The van der Waals surface area contributed by atoms with Crippen molar-refractivity contribution in [3.8, 4) is 0 Å². The fourth-order valence-corrected chi connectivity index (χ4v) is 6.95. The van der Waals surface area contributed by atoms with E-state index in [2.05, 4.69) is 4.90 Å². The lowest BCUT2D eigenvalue weighted by Crippen LogP contribution is -2.53. The molecule has 1 saturated heterocycles. The minimum atomic E-state index is 0.466. The number of hydrogen-bond donors (Lipinski definition) is 0. The topological polar surface area (TPSA) is 3.24 Å². The second-order valence-electron chi connectivity index (χ2n) is 8.78. The van der Waals surface area contributed by atoms with Gasteiger partial charge in [-0.15, -0.1) is 11.6 Å². The van der Waals surface area contributed by atoms with Crippen molar-refractivity contribution in [2.24, 2.45) is 23.7 Å². The van der Waals surface area contributed by atoms with Crippen molar-refractivity contribution in [2.45, 2.75) is 88.5 Å². The van der Waals surface area contributed by atoms with Crippen molar-refractivity contribution in [3.63, 3.8) is 0 Å². The highest BCUT2D eigenvalue weighted by Crippen LogP contribution is 2.48. The van der Waals surface area contributed by atoms with Crippen molar-refractivity contribution in [1.29, 1.82) is 0 Å². The SMILES string of the molecule is ClC1CCCC(CN2CCCC3C4CCCCC4CCC32)C1. The fourth-order valence-electron chi connectivity index (χ4n) is 6.55. The molecular formula is C20H34ClN. The first-order valence-electron chi connectivity index (χ1n) is 10.2. The fraction of sp³-hybridized carbons (Fsp3) is 1.00. The molecule has 0 aromatic carbocycles. The normalized spacial score (nSPS) is 46.8. The van der Waals surface area contributed by atoms with E-state index in [9.17, 15) is 0 Å². The van der Waals surface area contributed by atoms with Gasteiger partial charge in [0.25, 0.3) is 0 Å². The molecule has 2 heteroatoms. The highest BCUT2D eigenvalue weighted by molar-refractivity contribution is 6.20. The van der Waals surface area contributed by atoms with E-state index in [1.807, 2.05) is 0 Å². The summed E-state index contributed by atoms with van der Waals surface area (Å²) >= 11 is 6.44. The highest BCUT2D eigenvalue weighted by atomic mass is 35.5. The van der Waals surface area contributed by atoms with Gasteiger partial charge in [-0.3, -0.25) is 4.90 Å². The number of nitrogens with zero attached hydrogens (tertiary/aromatic N) is 1. The molecule has 4 fully saturated rings. The summed E-state index contributed by atoms with van der Waals surface area (Å²) in [4.78, 5) is 2.93. The zero-order valence-corrected chi connectivity index (χ0v) is 14.9. The molecule has 0 N–H and O–H groups in total. The molecule has 3 aliphatic carbocycles. The van der Waals surface area contributed by atoms with Crippen LogP contribution >= 0.6 is 11.6 Å². The lowest BCUT2D eigenvalue weighted by atomic mass is 9.61. The molecule has 0 radical (unpaired) electrons. The number of alkyl halides is 1. The van der Waals surface area contributed by atoms with Gasteiger partial charge in [0.1, 0.15) is 0 Å². The van der Waals surface area contributed by atoms with Crippen molar-refractivity contribution < 1.29 is 0 Å². The molecular weight excluding hydrogens is 290 g/mol. The van der Waals surface area contributed by atoms with Crippen LogP contribution in [-0.4, -0.2) is 29.4 Å². The van der Waals surface area contributed by atoms with E-state index < -0.39 is 0 Å². The number of hydrogen-bond acceptors (Lipinski definition) is 1. The van der Waals surface area contributed by atoms with Crippen LogP contribution in [0, 0.1) is 23.7 Å². The Morgan fingerprint density at radius 3 is 2.55 bits per heavy atom. The maximum Gasteiger partial charge on any atom is 0.0339 e. The smallest absolute Gasteiger partial charge is 0.0339 e. The Morgan fingerprint density at radius 2 is 1.64 bits per heavy atom. The Hall–Kier alpha value is 0.250. The molecule has 0 aromatic heterocycles. The van der Waals surface area contributed by atoms with Gasteiger partial charge in [-0.2, -0.15) is 0 Å². The van der Waals surface area contributed by atoms with Crippen molar-refractivity contribution in [1.82, 2.24) is 4.90 Å². The van der Waals surface area contributed by atoms with Crippen LogP contribution < -0.4 is 0 Å². The summed E-state index contributed by atoms with van der Waals surface area (Å²) in [6.45, 7) is 2.74. The molecule has 1 nitrogen and oxygen atoms in total. The average molecular weight is 324 g/mol. The molecule has 6 atom stereocenters. The first-order valence-corrected chi connectivity index (χ1v) is 10.6. The van der Waals surface area contributed by atoms with E-state index in [-0.39, 0.29) is 0 Å². The molecule has 0 aromatic rings. The van der Waals surface area contributed by atoms with E-state index >= 15 is 0 Å². The molecule has 0 amide bonds. The van der Waals surface area contributed by atoms with Crippen molar-refractivity contribution >= 4 is 11.6 Å². The Labute approximate surface area is 142 Å². The quantitative estimate of drug-likeness (QED) is 0.609. The summed E-state index contributed by atoms with van der Waals surface area (Å²) in [6.07, 6.45) is 17.5. The summed E-state index contributed by atoms with van der Waals surface area (Å²) in [7, 11) is 0. The second kappa shape index (κ2) is 7.01. The van der Waals surface area contributed by atoms with Gasteiger partial charge in [0.15, 0.2) is 0 Å². The van der Waals surface area contributed by atoms with Gasteiger partial charge in [0.2, 0.25) is 0 Å². The summed E-state index contributed by atoms with van der Waals surface area (Å²) in [5, 5.41) is 0.466. The molecule has 0 bridgehead atoms. The molecule has 126 valence electrons. The first kappa shape index (κ1) is 15.8. The summed E-state index contributed by atoms with van der Waals surface area (Å²) < 4.78 is 0. The minimum absolute atomic E-state index is 0.466. The molecule has 6 unspecified atom stereocenters. The third-order valence-corrected chi connectivity index (χ3v) is 7.90. The van der Waals surface area contributed by atoms with Crippen molar-refractivity contribution in [3.05, 3.63) is 0 Å². The Balaban J connectivity index is 1.41. The van der Waals surface area contributed by atoms with E-state index in [0.29, 0.717) is 5.38 Å². The molecule has 1 aliphatic heterocycles. The predicted molar refractivity (Wildman–Crippen MR) is 94.4 cm³/mol.